The Morgan fingerprint density at radius 1 is 1.00 bits per heavy atom. The van der Waals surface area contributed by atoms with E-state index < -0.39 is 0 Å². The summed E-state index contributed by atoms with van der Waals surface area (Å²) in [6.45, 7) is 6.54. The predicted octanol–water partition coefficient (Wildman–Crippen LogP) is 3.12. The predicted molar refractivity (Wildman–Crippen MR) is 45.3 cm³/mol. The Balaban J connectivity index is 0.000001000. The molecule has 0 saturated carbocycles. The largest absolute Gasteiger partial charge is 0.0590 e. The molecule has 0 saturated heterocycles. The first-order chi connectivity index (χ1) is 4.70. The van der Waals surface area contributed by atoms with E-state index in [-0.39, 0.29) is 19.5 Å². The fraction of sp³-hybridized carbons (Fsp3) is 0.400. The third kappa shape index (κ3) is 3.16. The molecule has 1 aromatic rings. The summed E-state index contributed by atoms with van der Waals surface area (Å²) in [5, 5.41) is 0. The molecule has 62 valence electrons. The second-order valence-electron chi connectivity index (χ2n) is 3.07. The van der Waals surface area contributed by atoms with Gasteiger partial charge in [0.25, 0.3) is 0 Å². The summed E-state index contributed by atoms with van der Waals surface area (Å²) in [6.07, 6.45) is 0. The molecule has 11 heavy (non-hydrogen) atoms. The van der Waals surface area contributed by atoms with Gasteiger partial charge >= 0.3 is 0 Å². The van der Waals surface area contributed by atoms with Gasteiger partial charge in [-0.1, -0.05) is 43.7 Å². The van der Waals surface area contributed by atoms with E-state index in [2.05, 4.69) is 45.0 Å². The molecule has 1 aromatic carbocycles. The van der Waals surface area contributed by atoms with Gasteiger partial charge < -0.3 is 0 Å². The summed E-state index contributed by atoms with van der Waals surface area (Å²) in [5.74, 6) is 0.653. The van der Waals surface area contributed by atoms with Crippen molar-refractivity contribution in [3.8, 4) is 0 Å². The molecule has 0 aliphatic heterocycles. The van der Waals surface area contributed by atoms with Crippen LogP contribution in [0.5, 0.6) is 0 Å². The topological polar surface area (TPSA) is 0 Å². The summed E-state index contributed by atoms with van der Waals surface area (Å²) < 4.78 is 0. The Kier molecular flexibility index (Phi) is 4.60. The third-order valence-electron chi connectivity index (χ3n) is 1.74. The maximum absolute atomic E-state index is 2.21. The molecule has 0 nitrogen and oxygen atoms in total. The normalized spacial score (nSPS) is 9.45. The number of hydrogen-bond donors (Lipinski definition) is 0. The molecular weight excluding hydrogens is 221 g/mol. The van der Waals surface area contributed by atoms with Crippen molar-refractivity contribution in [2.45, 2.75) is 26.7 Å². The van der Waals surface area contributed by atoms with Crippen LogP contribution < -0.4 is 0 Å². The Bertz CT molecular complexity index is 199. The van der Waals surface area contributed by atoms with Crippen molar-refractivity contribution in [1.29, 1.82) is 0 Å². The van der Waals surface area contributed by atoms with Crippen molar-refractivity contribution in [3.63, 3.8) is 0 Å². The van der Waals surface area contributed by atoms with E-state index in [1.165, 1.54) is 11.1 Å². The van der Waals surface area contributed by atoms with Gasteiger partial charge in [-0.05, 0) is 18.4 Å². The quantitative estimate of drug-likeness (QED) is 0.656. The maximum Gasteiger partial charge on any atom is 0 e. The number of aryl methyl sites for hydroxylation is 1. The maximum atomic E-state index is 2.21. The van der Waals surface area contributed by atoms with Crippen molar-refractivity contribution >= 4 is 0 Å². The van der Waals surface area contributed by atoms with Crippen LogP contribution in [0.4, 0.5) is 0 Å². The zero-order valence-electron chi connectivity index (χ0n) is 7.24. The zero-order chi connectivity index (χ0) is 7.56. The molecule has 0 bridgehead atoms. The van der Waals surface area contributed by atoms with E-state index in [1.807, 2.05) is 0 Å². The van der Waals surface area contributed by atoms with E-state index >= 15 is 0 Å². The van der Waals surface area contributed by atoms with E-state index in [1.54, 1.807) is 0 Å². The first-order valence-corrected chi connectivity index (χ1v) is 3.76. The Morgan fingerprint density at radius 2 is 1.45 bits per heavy atom. The van der Waals surface area contributed by atoms with Crippen LogP contribution >= 0.6 is 0 Å². The Labute approximate surface area is 81.8 Å². The summed E-state index contributed by atoms with van der Waals surface area (Å²) >= 11 is 0. The van der Waals surface area contributed by atoms with Crippen LogP contribution in [-0.2, 0) is 19.5 Å². The van der Waals surface area contributed by atoms with Crippen LogP contribution in [0.25, 0.3) is 0 Å². The molecule has 0 amide bonds. The second-order valence-corrected chi connectivity index (χ2v) is 3.07. The fourth-order valence-corrected chi connectivity index (χ4v) is 0.951. The molecule has 0 aliphatic rings. The van der Waals surface area contributed by atoms with Crippen LogP contribution in [0.2, 0.25) is 0 Å². The van der Waals surface area contributed by atoms with Crippen molar-refractivity contribution in [2.24, 2.45) is 0 Å². The summed E-state index contributed by atoms with van der Waals surface area (Å²) in [4.78, 5) is 0. The molecule has 0 unspecified atom stereocenters. The standard InChI is InChI=1S/C10H14.Ru/c1-8(2)10-6-4-9(3)5-7-10;/h4-8H,1-3H3;. The summed E-state index contributed by atoms with van der Waals surface area (Å²) in [5.41, 5.74) is 2.76. The zero-order valence-corrected chi connectivity index (χ0v) is 8.98. The van der Waals surface area contributed by atoms with Gasteiger partial charge in [-0.25, -0.2) is 0 Å². The third-order valence-corrected chi connectivity index (χ3v) is 1.74. The number of rotatable bonds is 1. The summed E-state index contributed by atoms with van der Waals surface area (Å²) in [7, 11) is 0. The van der Waals surface area contributed by atoms with Crippen LogP contribution in [0.15, 0.2) is 24.3 Å². The minimum absolute atomic E-state index is 0. The van der Waals surface area contributed by atoms with E-state index in [4.69, 9.17) is 0 Å². The minimum atomic E-state index is 0. The van der Waals surface area contributed by atoms with Crippen molar-refractivity contribution < 1.29 is 19.5 Å². The molecule has 0 spiro atoms. The van der Waals surface area contributed by atoms with Crippen LogP contribution in [0.3, 0.4) is 0 Å². The van der Waals surface area contributed by atoms with Crippen molar-refractivity contribution in [2.75, 3.05) is 0 Å². The van der Waals surface area contributed by atoms with Gasteiger partial charge in [-0.3, -0.25) is 0 Å². The molecule has 0 aromatic heterocycles. The van der Waals surface area contributed by atoms with E-state index in [0.717, 1.165) is 0 Å². The van der Waals surface area contributed by atoms with Gasteiger partial charge in [0, 0.05) is 19.5 Å². The van der Waals surface area contributed by atoms with Crippen LogP contribution in [0, 0.1) is 6.92 Å². The first kappa shape index (κ1) is 10.8. The molecule has 0 atom stereocenters. The molecule has 0 N–H and O–H groups in total. The van der Waals surface area contributed by atoms with Crippen LogP contribution in [-0.4, -0.2) is 0 Å². The first-order valence-electron chi connectivity index (χ1n) is 3.76. The molecule has 1 rings (SSSR count). The second kappa shape index (κ2) is 4.67. The smallest absolute Gasteiger partial charge is 0 e. The Hall–Kier alpha value is -0.157. The van der Waals surface area contributed by atoms with Crippen LogP contribution in [0.1, 0.15) is 30.9 Å². The molecular formula is C10H14Ru. The van der Waals surface area contributed by atoms with Crippen molar-refractivity contribution in [3.05, 3.63) is 35.4 Å². The van der Waals surface area contributed by atoms with Gasteiger partial charge in [0.2, 0.25) is 0 Å². The Morgan fingerprint density at radius 3 is 1.82 bits per heavy atom. The van der Waals surface area contributed by atoms with E-state index in [0.29, 0.717) is 5.92 Å². The monoisotopic (exact) mass is 236 g/mol. The molecule has 1 heteroatoms. The fourth-order valence-electron chi connectivity index (χ4n) is 0.951. The molecule has 0 heterocycles. The number of hydrogen-bond acceptors (Lipinski definition) is 0. The average Bonchev–Trinajstić information content (AvgIpc) is 1.88. The van der Waals surface area contributed by atoms with Crippen molar-refractivity contribution in [1.82, 2.24) is 0 Å². The van der Waals surface area contributed by atoms with Gasteiger partial charge in [0.1, 0.15) is 0 Å². The minimum Gasteiger partial charge on any atom is -0.0590 e. The van der Waals surface area contributed by atoms with E-state index in [9.17, 15) is 0 Å². The van der Waals surface area contributed by atoms with Gasteiger partial charge in [0.15, 0.2) is 0 Å². The molecule has 0 radical (unpaired) electrons. The van der Waals surface area contributed by atoms with Gasteiger partial charge in [-0.2, -0.15) is 0 Å². The SMILES string of the molecule is Cc1ccc(C(C)C)cc1.[Ru]. The summed E-state index contributed by atoms with van der Waals surface area (Å²) in [6, 6.07) is 8.71. The average molecular weight is 235 g/mol. The number of benzene rings is 1. The molecule has 0 fully saturated rings. The van der Waals surface area contributed by atoms with Gasteiger partial charge in [0.05, 0.1) is 0 Å². The van der Waals surface area contributed by atoms with Gasteiger partial charge in [-0.15, -0.1) is 0 Å². The molecule has 0 aliphatic carbocycles.